The van der Waals surface area contributed by atoms with Crippen LogP contribution in [0.25, 0.3) is 0 Å². The Hall–Kier alpha value is -2.75. The van der Waals surface area contributed by atoms with Crippen molar-refractivity contribution in [1.82, 2.24) is 10.3 Å². The van der Waals surface area contributed by atoms with Crippen LogP contribution in [0.5, 0.6) is 0 Å². The third-order valence-corrected chi connectivity index (χ3v) is 10.4. The van der Waals surface area contributed by atoms with Gasteiger partial charge in [0, 0.05) is 24.7 Å². The molecule has 6 atom stereocenters. The van der Waals surface area contributed by atoms with Crippen LogP contribution >= 0.6 is 0 Å². The molecule has 5 aliphatic rings. The number of amides is 1. The molecule has 1 saturated heterocycles. The molecule has 4 fully saturated rings. The summed E-state index contributed by atoms with van der Waals surface area (Å²) in [5, 5.41) is 7.72. The van der Waals surface area contributed by atoms with E-state index in [0.29, 0.717) is 42.9 Å². The van der Waals surface area contributed by atoms with Crippen LogP contribution in [0.1, 0.15) is 77.1 Å². The Balaban J connectivity index is 1.17. The maximum atomic E-state index is 14.3. The molecule has 3 saturated carbocycles. The molecule has 1 aromatic heterocycles. The molecule has 43 heavy (non-hydrogen) atoms. The van der Waals surface area contributed by atoms with E-state index in [4.69, 9.17) is 18.9 Å². The average molecular weight is 588 g/mol. The van der Waals surface area contributed by atoms with Crippen LogP contribution in [0.2, 0.25) is 0 Å². The number of carbonyl (C=O) groups is 1. The molecule has 1 amide bonds. The van der Waals surface area contributed by atoms with Gasteiger partial charge in [-0.1, -0.05) is 63.2 Å². The second-order valence-electron chi connectivity index (χ2n) is 14.4. The number of oxime groups is 1. The van der Waals surface area contributed by atoms with E-state index in [1.54, 1.807) is 6.20 Å². The van der Waals surface area contributed by atoms with Crippen molar-refractivity contribution in [2.75, 3.05) is 6.61 Å². The van der Waals surface area contributed by atoms with Crippen molar-refractivity contribution < 1.29 is 23.7 Å². The van der Waals surface area contributed by atoms with Crippen LogP contribution in [0, 0.1) is 30.1 Å². The fourth-order valence-corrected chi connectivity index (χ4v) is 7.94. The lowest BCUT2D eigenvalue weighted by atomic mass is 9.43. The van der Waals surface area contributed by atoms with E-state index in [-0.39, 0.29) is 35.6 Å². The number of rotatable bonds is 11. The first-order valence-corrected chi connectivity index (χ1v) is 15.9. The second-order valence-corrected chi connectivity index (χ2v) is 14.4. The molecule has 3 aliphatic carbocycles. The third kappa shape index (κ3) is 5.88. The molecule has 0 radical (unpaired) electrons. The van der Waals surface area contributed by atoms with Crippen molar-refractivity contribution in [3.63, 3.8) is 0 Å². The lowest BCUT2D eigenvalue weighted by Gasteiger charge is -2.64. The molecule has 2 aromatic rings. The van der Waals surface area contributed by atoms with E-state index >= 15 is 0 Å². The van der Waals surface area contributed by atoms with E-state index in [0.717, 1.165) is 29.7 Å². The molecule has 3 heterocycles. The number of nitrogens with one attached hydrogen (secondary N) is 1. The number of pyridine rings is 1. The summed E-state index contributed by atoms with van der Waals surface area (Å²) in [7, 11) is -0.501. The number of aryl methyl sites for hydroxylation is 1. The fraction of sp³-hybridized carbons (Fsp3) is 0.618. The first-order valence-electron chi connectivity index (χ1n) is 15.9. The Labute approximate surface area is 256 Å². The van der Waals surface area contributed by atoms with Gasteiger partial charge in [-0.05, 0) is 79.5 Å². The Bertz CT molecular complexity index is 1350. The minimum Gasteiger partial charge on any atom is -0.404 e. The Morgan fingerprint density at radius 1 is 1.12 bits per heavy atom. The summed E-state index contributed by atoms with van der Waals surface area (Å²) in [6.45, 7) is 14.0. The predicted molar refractivity (Wildman–Crippen MR) is 166 cm³/mol. The molecule has 9 heteroatoms. The van der Waals surface area contributed by atoms with E-state index in [9.17, 15) is 4.79 Å². The highest BCUT2D eigenvalue weighted by atomic mass is 16.7. The second kappa shape index (κ2) is 11.6. The summed E-state index contributed by atoms with van der Waals surface area (Å²) >= 11 is 0. The van der Waals surface area contributed by atoms with Crippen LogP contribution in [-0.2, 0) is 36.7 Å². The van der Waals surface area contributed by atoms with Gasteiger partial charge in [0.2, 0.25) is 5.60 Å². The normalized spacial score (nSPS) is 31.2. The van der Waals surface area contributed by atoms with Crippen molar-refractivity contribution in [1.29, 1.82) is 0 Å². The molecule has 1 aromatic carbocycles. The van der Waals surface area contributed by atoms with E-state index in [1.165, 1.54) is 6.42 Å². The molecular weight excluding hydrogens is 541 g/mol. The Kier molecular flexibility index (Phi) is 8.20. The van der Waals surface area contributed by atoms with Crippen molar-refractivity contribution in [3.8, 4) is 0 Å². The molecule has 2 bridgehead atoms. The lowest BCUT2D eigenvalue weighted by Crippen LogP contribution is -2.65. The first kappa shape index (κ1) is 30.3. The van der Waals surface area contributed by atoms with Gasteiger partial charge in [-0.25, -0.2) is 0 Å². The fourth-order valence-electron chi connectivity index (χ4n) is 7.94. The van der Waals surface area contributed by atoms with Crippen molar-refractivity contribution in [2.45, 2.75) is 104 Å². The summed E-state index contributed by atoms with van der Waals surface area (Å²) in [5.74, 6) is 0.963. The van der Waals surface area contributed by atoms with E-state index < -0.39 is 12.7 Å². The summed E-state index contributed by atoms with van der Waals surface area (Å²) in [4.78, 5) is 24.6. The maximum absolute atomic E-state index is 14.3. The lowest BCUT2D eigenvalue weighted by molar-refractivity contribution is -0.199. The van der Waals surface area contributed by atoms with Gasteiger partial charge < -0.3 is 24.2 Å². The zero-order valence-corrected chi connectivity index (χ0v) is 26.5. The highest BCUT2D eigenvalue weighted by Crippen LogP contribution is 2.65. The van der Waals surface area contributed by atoms with Gasteiger partial charge >= 0.3 is 7.12 Å². The third-order valence-electron chi connectivity index (χ3n) is 10.4. The largest absolute Gasteiger partial charge is 0.481 e. The van der Waals surface area contributed by atoms with Gasteiger partial charge in [-0.2, -0.15) is 0 Å². The van der Waals surface area contributed by atoms with Crippen LogP contribution in [0.4, 0.5) is 0 Å². The minimum atomic E-state index is -1.18. The number of carbonyl (C=O) groups excluding carboxylic acids is 1. The topological polar surface area (TPSA) is 91.3 Å². The summed E-state index contributed by atoms with van der Waals surface area (Å²) < 4.78 is 19.4. The molecular formula is C34H46BN3O5. The average Bonchev–Trinajstić information content (AvgIpc) is 3.54. The van der Waals surface area contributed by atoms with E-state index in [1.807, 2.05) is 49.4 Å². The van der Waals surface area contributed by atoms with Crippen LogP contribution in [0.3, 0.4) is 0 Å². The van der Waals surface area contributed by atoms with E-state index in [2.05, 4.69) is 50.1 Å². The Morgan fingerprint density at radius 2 is 1.91 bits per heavy atom. The molecule has 0 spiro atoms. The SMILES string of the molecule is Cc1cc(COCC2=NOC(Cc3ccccc3)(C(=O)N[C@@H](CC(C)C)B3O[C@@H]4C[C@@H]5C[C@@H](C5(C)C)[C@]4(C)O3)C2)ccn1. The standard InChI is InChI=1S/C34H46BN3O5/c1-22(2)14-30(35-41-29-17-26-16-28(32(26,4)5)33(29,6)42-35)37-31(39)34(18-24-10-8-7-9-11-24)19-27(38-43-34)21-40-20-25-12-13-36-23(3)15-25/h7-13,15,22,26,28-30H,14,16-21H2,1-6H3,(H,37,39)/t26-,28-,29+,30-,33-,34?/m0/s1. The molecule has 7 rings (SSSR count). The highest BCUT2D eigenvalue weighted by Gasteiger charge is 2.68. The smallest absolute Gasteiger partial charge is 0.404 e. The number of hydrogen-bond donors (Lipinski definition) is 1. The molecule has 230 valence electrons. The monoisotopic (exact) mass is 587 g/mol. The molecule has 8 nitrogen and oxygen atoms in total. The number of aromatic nitrogens is 1. The van der Waals surface area contributed by atoms with Crippen molar-refractivity contribution >= 4 is 18.7 Å². The zero-order chi connectivity index (χ0) is 30.4. The molecule has 1 N–H and O–H groups in total. The molecule has 1 unspecified atom stereocenters. The highest BCUT2D eigenvalue weighted by molar-refractivity contribution is 6.48. The molecule has 2 aliphatic heterocycles. The van der Waals surface area contributed by atoms with Gasteiger partial charge in [0.1, 0.15) is 0 Å². The maximum Gasteiger partial charge on any atom is 0.481 e. The number of benzene rings is 1. The van der Waals surface area contributed by atoms with Crippen molar-refractivity contribution in [3.05, 3.63) is 65.5 Å². The number of nitrogens with zero attached hydrogens (tertiary/aromatic N) is 2. The number of hydrogen-bond acceptors (Lipinski definition) is 7. The summed E-state index contributed by atoms with van der Waals surface area (Å²) in [6.07, 6.45) is 5.52. The van der Waals surface area contributed by atoms with Crippen LogP contribution in [-0.4, -0.2) is 53.6 Å². The van der Waals surface area contributed by atoms with Crippen LogP contribution < -0.4 is 5.32 Å². The summed E-state index contributed by atoms with van der Waals surface area (Å²) in [6, 6.07) is 13.9. The number of ether oxygens (including phenoxy) is 1. The van der Waals surface area contributed by atoms with Gasteiger partial charge in [0.15, 0.2) is 0 Å². The van der Waals surface area contributed by atoms with Crippen molar-refractivity contribution in [2.24, 2.45) is 28.3 Å². The zero-order valence-electron chi connectivity index (χ0n) is 26.5. The predicted octanol–water partition coefficient (Wildman–Crippen LogP) is 5.46. The quantitative estimate of drug-likeness (QED) is 0.351. The van der Waals surface area contributed by atoms with Gasteiger partial charge in [0.25, 0.3) is 5.91 Å². The summed E-state index contributed by atoms with van der Waals surface area (Å²) in [5.41, 5.74) is 2.45. The minimum absolute atomic E-state index is 0.0538. The van der Waals surface area contributed by atoms with Gasteiger partial charge in [-0.3, -0.25) is 9.78 Å². The van der Waals surface area contributed by atoms with Crippen LogP contribution in [0.15, 0.2) is 53.8 Å². The van der Waals surface area contributed by atoms with Gasteiger partial charge in [-0.15, -0.1) is 0 Å². The van der Waals surface area contributed by atoms with Gasteiger partial charge in [0.05, 0.1) is 36.6 Å². The Morgan fingerprint density at radius 3 is 2.63 bits per heavy atom. The first-order chi connectivity index (χ1) is 20.5.